The average molecular weight is 281 g/mol. The van der Waals surface area contributed by atoms with Gasteiger partial charge in [0.05, 0.1) is 5.92 Å². The summed E-state index contributed by atoms with van der Waals surface area (Å²) in [5.74, 6) is -0.783. The van der Waals surface area contributed by atoms with E-state index >= 15 is 0 Å². The molecule has 1 aliphatic carbocycles. The van der Waals surface area contributed by atoms with Crippen molar-refractivity contribution in [1.82, 2.24) is 0 Å². The Hall–Kier alpha value is -3.07. The monoisotopic (exact) mass is 281 g/mol. The number of nitrogens with one attached hydrogen (secondary N) is 1. The molecule has 0 radical (unpaired) electrons. The lowest BCUT2D eigenvalue weighted by atomic mass is 9.96. The highest BCUT2D eigenvalue weighted by molar-refractivity contribution is 5.95. The van der Waals surface area contributed by atoms with Gasteiger partial charge in [0.1, 0.15) is 0 Å². The van der Waals surface area contributed by atoms with E-state index in [9.17, 15) is 14.4 Å². The Morgan fingerprint density at radius 1 is 1.05 bits per heavy atom. The van der Waals surface area contributed by atoms with Crippen molar-refractivity contribution >= 4 is 23.8 Å². The van der Waals surface area contributed by atoms with Gasteiger partial charge in [-0.05, 0) is 24.3 Å². The summed E-state index contributed by atoms with van der Waals surface area (Å²) in [6, 6.07) is 9.01. The molecule has 0 spiro atoms. The highest BCUT2D eigenvalue weighted by Gasteiger charge is 2.28. The van der Waals surface area contributed by atoms with Crippen molar-refractivity contribution in [2.45, 2.75) is 5.66 Å². The molecule has 1 N–H and O–H groups in total. The quantitative estimate of drug-likeness (QED) is 0.518. The molecular weight excluding hydrogens is 270 g/mol. The summed E-state index contributed by atoms with van der Waals surface area (Å²) in [6.45, 7) is 0. The number of carbonyl (C=O) groups excluding carboxylic acids is 3. The normalized spacial score (nSPS) is 22.8. The third-order valence-electron chi connectivity index (χ3n) is 2.89. The van der Waals surface area contributed by atoms with E-state index in [1.54, 1.807) is 12.1 Å². The fourth-order valence-corrected chi connectivity index (χ4v) is 1.85. The second-order valence-electron chi connectivity index (χ2n) is 4.29. The van der Waals surface area contributed by atoms with Crippen LogP contribution in [-0.4, -0.2) is 23.7 Å². The van der Waals surface area contributed by atoms with Crippen molar-refractivity contribution < 1.29 is 14.4 Å². The largest absolute Gasteiger partial charge is 0.325 e. The van der Waals surface area contributed by atoms with Crippen molar-refractivity contribution in [3.8, 4) is 0 Å². The Balaban J connectivity index is 2.12. The molecule has 21 heavy (non-hydrogen) atoms. The second kappa shape index (κ2) is 6.39. The lowest BCUT2D eigenvalue weighted by Crippen LogP contribution is -2.26. The molecule has 0 heterocycles. The van der Waals surface area contributed by atoms with Gasteiger partial charge in [0.2, 0.25) is 23.7 Å². The first kappa shape index (κ1) is 14.3. The maximum atomic E-state index is 12.1. The van der Waals surface area contributed by atoms with E-state index in [0.29, 0.717) is 5.69 Å². The number of hydrogen-bond donors (Lipinski definition) is 1. The molecule has 0 aliphatic heterocycles. The Labute approximate surface area is 120 Å². The summed E-state index contributed by atoms with van der Waals surface area (Å²) < 4.78 is 0. The maximum Gasteiger partial charge on any atom is 0.238 e. The van der Waals surface area contributed by atoms with Gasteiger partial charge in [-0.2, -0.15) is 9.98 Å². The van der Waals surface area contributed by atoms with Crippen LogP contribution in [-0.2, 0) is 14.4 Å². The average Bonchev–Trinajstić information content (AvgIpc) is 2.49. The van der Waals surface area contributed by atoms with Crippen LogP contribution in [0.3, 0.4) is 0 Å². The van der Waals surface area contributed by atoms with E-state index < -0.39 is 11.6 Å². The maximum absolute atomic E-state index is 12.1. The molecular formula is C15H11N3O3. The zero-order valence-electron chi connectivity index (χ0n) is 10.9. The van der Waals surface area contributed by atoms with Gasteiger partial charge >= 0.3 is 0 Å². The minimum Gasteiger partial charge on any atom is -0.325 e. The van der Waals surface area contributed by atoms with Crippen LogP contribution in [0.25, 0.3) is 0 Å². The zero-order chi connectivity index (χ0) is 15.1. The van der Waals surface area contributed by atoms with Crippen LogP contribution in [0.5, 0.6) is 0 Å². The molecule has 6 nitrogen and oxygen atoms in total. The molecule has 0 saturated carbocycles. The molecule has 0 aromatic heterocycles. The van der Waals surface area contributed by atoms with Gasteiger partial charge in [0.15, 0.2) is 0 Å². The molecule has 0 atom stereocenters. The van der Waals surface area contributed by atoms with Crippen molar-refractivity contribution in [3.05, 3.63) is 54.6 Å². The molecule has 0 saturated heterocycles. The standard InChI is InChI=1S/C15H11N3O3/c19-10-16-15(17-11-20)8-6-12(7-9-15)14(21)18-13-4-2-1-3-5-13/h1-9,12H,(H,18,21). The van der Waals surface area contributed by atoms with Crippen LogP contribution in [0, 0.1) is 5.92 Å². The highest BCUT2D eigenvalue weighted by atomic mass is 16.2. The molecule has 6 heteroatoms. The van der Waals surface area contributed by atoms with Crippen LogP contribution >= 0.6 is 0 Å². The van der Waals surface area contributed by atoms with E-state index in [1.165, 1.54) is 36.5 Å². The molecule has 0 unspecified atom stereocenters. The number of rotatable bonds is 4. The summed E-state index contributed by atoms with van der Waals surface area (Å²) in [5, 5.41) is 2.75. The zero-order valence-corrected chi connectivity index (χ0v) is 10.9. The molecule has 104 valence electrons. The number of benzene rings is 1. The van der Waals surface area contributed by atoms with Crippen molar-refractivity contribution in [2.75, 3.05) is 5.32 Å². The van der Waals surface area contributed by atoms with Crippen LogP contribution in [0.1, 0.15) is 0 Å². The number of nitrogens with zero attached hydrogens (tertiary/aromatic N) is 2. The van der Waals surface area contributed by atoms with Crippen molar-refractivity contribution in [3.63, 3.8) is 0 Å². The number of aliphatic imine (C=N–C) groups is 2. The Kier molecular flexibility index (Phi) is 4.36. The van der Waals surface area contributed by atoms with Gasteiger partial charge < -0.3 is 5.32 Å². The lowest BCUT2D eigenvalue weighted by molar-refractivity contribution is -0.117. The fraction of sp³-hybridized carbons (Fsp3) is 0.133. The van der Waals surface area contributed by atoms with E-state index in [-0.39, 0.29) is 5.91 Å². The van der Waals surface area contributed by atoms with Crippen LogP contribution < -0.4 is 5.32 Å². The van der Waals surface area contributed by atoms with Gasteiger partial charge in [-0.1, -0.05) is 30.4 Å². The lowest BCUT2D eigenvalue weighted by Gasteiger charge is -2.19. The fourth-order valence-electron chi connectivity index (χ4n) is 1.85. The Bertz CT molecular complexity index is 647. The molecule has 1 aromatic carbocycles. The van der Waals surface area contributed by atoms with E-state index in [1.807, 2.05) is 18.2 Å². The first-order chi connectivity index (χ1) is 10.2. The van der Waals surface area contributed by atoms with Crippen LogP contribution in [0.4, 0.5) is 5.69 Å². The Morgan fingerprint density at radius 2 is 1.62 bits per heavy atom. The van der Waals surface area contributed by atoms with Gasteiger partial charge in [-0.25, -0.2) is 9.59 Å². The van der Waals surface area contributed by atoms with Crippen molar-refractivity contribution in [2.24, 2.45) is 15.9 Å². The topological polar surface area (TPSA) is 88.0 Å². The number of amides is 1. The van der Waals surface area contributed by atoms with E-state index in [4.69, 9.17) is 0 Å². The number of para-hydroxylation sites is 1. The van der Waals surface area contributed by atoms with E-state index in [0.717, 1.165) is 0 Å². The van der Waals surface area contributed by atoms with Gasteiger partial charge in [-0.3, -0.25) is 4.79 Å². The predicted octanol–water partition coefficient (Wildman–Crippen LogP) is 1.74. The first-order valence-electron chi connectivity index (χ1n) is 6.12. The molecule has 0 bridgehead atoms. The van der Waals surface area contributed by atoms with E-state index in [2.05, 4.69) is 15.3 Å². The third kappa shape index (κ3) is 3.48. The predicted molar refractivity (Wildman–Crippen MR) is 75.8 cm³/mol. The van der Waals surface area contributed by atoms with Gasteiger partial charge in [0, 0.05) is 5.69 Å². The Morgan fingerprint density at radius 3 is 2.14 bits per heavy atom. The molecule has 0 fully saturated rings. The minimum atomic E-state index is -1.44. The molecule has 1 aliphatic rings. The SMILES string of the molecule is O=C=NC1(N=C=O)C=CC(C(=O)Nc2ccccc2)C=C1. The number of anilines is 1. The summed E-state index contributed by atoms with van der Waals surface area (Å²) in [6.07, 6.45) is 8.49. The molecule has 1 amide bonds. The smallest absolute Gasteiger partial charge is 0.238 e. The van der Waals surface area contributed by atoms with Crippen LogP contribution in [0.15, 0.2) is 64.6 Å². The van der Waals surface area contributed by atoms with Crippen molar-refractivity contribution in [1.29, 1.82) is 0 Å². The third-order valence-corrected chi connectivity index (χ3v) is 2.89. The number of carbonyl (C=O) groups is 1. The van der Waals surface area contributed by atoms with Crippen LogP contribution in [0.2, 0.25) is 0 Å². The summed E-state index contributed by atoms with van der Waals surface area (Å²) >= 11 is 0. The molecule has 2 rings (SSSR count). The highest BCUT2D eigenvalue weighted by Crippen LogP contribution is 2.24. The van der Waals surface area contributed by atoms with Gasteiger partial charge in [-0.15, -0.1) is 0 Å². The van der Waals surface area contributed by atoms with Gasteiger partial charge in [0.25, 0.3) is 0 Å². The number of hydrogen-bond acceptors (Lipinski definition) is 5. The summed E-state index contributed by atoms with van der Waals surface area (Å²) in [7, 11) is 0. The summed E-state index contributed by atoms with van der Waals surface area (Å²) in [5.41, 5.74) is -0.759. The minimum absolute atomic E-state index is 0.243. The first-order valence-corrected chi connectivity index (χ1v) is 6.12. The number of isocyanates is 2. The second-order valence-corrected chi connectivity index (χ2v) is 4.29. The summed E-state index contributed by atoms with van der Waals surface area (Å²) in [4.78, 5) is 39.7. The molecule has 1 aromatic rings.